The van der Waals surface area contributed by atoms with Crippen LogP contribution in [0, 0.1) is 34.6 Å². The van der Waals surface area contributed by atoms with Gasteiger partial charge >= 0.3 is 0 Å². The number of nitrogens with one attached hydrogen (secondary N) is 2. The highest BCUT2D eigenvalue weighted by Gasteiger charge is 2.19. The summed E-state index contributed by atoms with van der Waals surface area (Å²) in [5, 5.41) is 5.85. The summed E-state index contributed by atoms with van der Waals surface area (Å²) in [6, 6.07) is 14.8. The number of carbonyl (C=O) groups excluding carboxylic acids is 2. The highest BCUT2D eigenvalue weighted by molar-refractivity contribution is 6.06. The van der Waals surface area contributed by atoms with Crippen LogP contribution in [0.15, 0.2) is 57.4 Å². The van der Waals surface area contributed by atoms with Crippen molar-refractivity contribution in [2.75, 3.05) is 5.32 Å². The molecular weight excluding hydrogens is 430 g/mol. The summed E-state index contributed by atoms with van der Waals surface area (Å²) >= 11 is 0. The second-order valence-electron chi connectivity index (χ2n) is 8.35. The zero-order valence-corrected chi connectivity index (χ0v) is 19.9. The molecule has 0 atom stereocenters. The van der Waals surface area contributed by atoms with E-state index in [0.29, 0.717) is 51.2 Å². The number of hydrogen-bond donors (Lipinski definition) is 2. The van der Waals surface area contributed by atoms with Gasteiger partial charge in [-0.1, -0.05) is 29.8 Å². The van der Waals surface area contributed by atoms with Gasteiger partial charge in [-0.2, -0.15) is 0 Å². The van der Waals surface area contributed by atoms with Crippen LogP contribution in [0.1, 0.15) is 54.8 Å². The van der Waals surface area contributed by atoms with E-state index in [1.807, 2.05) is 50.2 Å². The molecule has 2 N–H and O–H groups in total. The van der Waals surface area contributed by atoms with Crippen molar-refractivity contribution in [3.63, 3.8) is 0 Å². The third-order valence-corrected chi connectivity index (χ3v) is 5.64. The van der Waals surface area contributed by atoms with Crippen molar-refractivity contribution in [3.05, 3.63) is 93.8 Å². The van der Waals surface area contributed by atoms with Crippen molar-refractivity contribution in [2.24, 2.45) is 0 Å². The fourth-order valence-corrected chi connectivity index (χ4v) is 3.77. The first-order chi connectivity index (χ1) is 16.2. The minimum absolute atomic E-state index is 0.163. The van der Waals surface area contributed by atoms with Gasteiger partial charge in [0.15, 0.2) is 0 Å². The molecule has 2 heterocycles. The highest BCUT2D eigenvalue weighted by atomic mass is 16.4. The Kier molecular flexibility index (Phi) is 6.36. The number of nitrogens with zero attached hydrogens (tertiary/aromatic N) is 1. The summed E-state index contributed by atoms with van der Waals surface area (Å²) in [5.41, 5.74) is 4.88. The van der Waals surface area contributed by atoms with Crippen molar-refractivity contribution in [1.29, 1.82) is 0 Å². The smallest absolute Gasteiger partial charge is 0.259 e. The van der Waals surface area contributed by atoms with Crippen LogP contribution in [0.5, 0.6) is 0 Å². The minimum Gasteiger partial charge on any atom is -0.466 e. The lowest BCUT2D eigenvalue weighted by molar-refractivity contribution is 0.0948. The molecule has 0 spiro atoms. The van der Waals surface area contributed by atoms with E-state index in [-0.39, 0.29) is 18.4 Å². The molecule has 0 saturated carbocycles. The summed E-state index contributed by atoms with van der Waals surface area (Å²) in [4.78, 5) is 30.1. The molecule has 0 aliphatic rings. The van der Waals surface area contributed by atoms with E-state index in [2.05, 4.69) is 15.6 Å². The number of aryl methyl sites for hydroxylation is 5. The third-order valence-electron chi connectivity index (χ3n) is 5.64. The summed E-state index contributed by atoms with van der Waals surface area (Å²) in [7, 11) is 0. The van der Waals surface area contributed by atoms with E-state index in [4.69, 9.17) is 8.83 Å². The molecule has 2 aromatic carbocycles. The first-order valence-electron chi connectivity index (χ1n) is 11.0. The average molecular weight is 458 g/mol. The van der Waals surface area contributed by atoms with E-state index < -0.39 is 0 Å². The van der Waals surface area contributed by atoms with Crippen LogP contribution in [-0.2, 0) is 6.54 Å². The number of rotatable bonds is 6. The van der Waals surface area contributed by atoms with Gasteiger partial charge in [0.25, 0.3) is 11.8 Å². The van der Waals surface area contributed by atoms with Gasteiger partial charge in [0.05, 0.1) is 23.4 Å². The summed E-state index contributed by atoms with van der Waals surface area (Å²) in [5.74, 6) is 1.76. The maximum absolute atomic E-state index is 12.8. The maximum atomic E-state index is 12.8. The van der Waals surface area contributed by atoms with Crippen LogP contribution in [0.25, 0.3) is 11.5 Å². The van der Waals surface area contributed by atoms with Crippen LogP contribution in [0.4, 0.5) is 5.69 Å². The van der Waals surface area contributed by atoms with Gasteiger partial charge in [-0.05, 0) is 64.4 Å². The lowest BCUT2D eigenvalue weighted by Crippen LogP contribution is -2.24. The number of para-hydroxylation sites is 1. The van der Waals surface area contributed by atoms with Gasteiger partial charge in [-0.3, -0.25) is 9.59 Å². The Labute approximate surface area is 198 Å². The number of furan rings is 1. The molecule has 0 aliphatic carbocycles. The van der Waals surface area contributed by atoms with Gasteiger partial charge in [0.1, 0.15) is 23.0 Å². The van der Waals surface area contributed by atoms with Crippen LogP contribution < -0.4 is 10.6 Å². The van der Waals surface area contributed by atoms with Crippen molar-refractivity contribution in [1.82, 2.24) is 10.3 Å². The number of carbonyl (C=O) groups is 2. The lowest BCUT2D eigenvalue weighted by Gasteiger charge is -2.08. The number of hydrogen-bond acceptors (Lipinski definition) is 5. The SMILES string of the molecule is Cc1ccc(C)c(C(=O)NCc2nc(-c3ccccc3NC(=O)c3cc(C)oc3C)oc2C)c1. The molecule has 7 nitrogen and oxygen atoms in total. The second kappa shape index (κ2) is 9.39. The first kappa shape index (κ1) is 23.0. The molecule has 4 aromatic rings. The number of aromatic nitrogens is 1. The van der Waals surface area contributed by atoms with E-state index in [9.17, 15) is 9.59 Å². The quantitative estimate of drug-likeness (QED) is 0.389. The molecule has 174 valence electrons. The van der Waals surface area contributed by atoms with Crippen LogP contribution in [0.3, 0.4) is 0 Å². The molecule has 0 radical (unpaired) electrons. The minimum atomic E-state index is -0.272. The van der Waals surface area contributed by atoms with Crippen molar-refractivity contribution < 1.29 is 18.4 Å². The highest BCUT2D eigenvalue weighted by Crippen LogP contribution is 2.29. The fraction of sp³-hybridized carbons (Fsp3) is 0.222. The third kappa shape index (κ3) is 4.78. The zero-order valence-electron chi connectivity index (χ0n) is 19.9. The Morgan fingerprint density at radius 3 is 2.35 bits per heavy atom. The Bertz CT molecular complexity index is 1380. The number of anilines is 1. The molecule has 2 amide bonds. The maximum Gasteiger partial charge on any atom is 0.259 e. The summed E-state index contributed by atoms with van der Waals surface area (Å²) < 4.78 is 11.4. The molecule has 0 unspecified atom stereocenters. The number of oxazole rings is 1. The van der Waals surface area contributed by atoms with Gasteiger partial charge < -0.3 is 19.5 Å². The molecule has 34 heavy (non-hydrogen) atoms. The molecular formula is C27H27N3O4. The Morgan fingerprint density at radius 2 is 1.62 bits per heavy atom. The van der Waals surface area contributed by atoms with Crippen molar-refractivity contribution in [3.8, 4) is 11.5 Å². The van der Waals surface area contributed by atoms with Crippen molar-refractivity contribution >= 4 is 17.5 Å². The molecule has 0 bridgehead atoms. The van der Waals surface area contributed by atoms with Gasteiger partial charge in [-0.25, -0.2) is 4.98 Å². The number of benzene rings is 2. The largest absolute Gasteiger partial charge is 0.466 e. The monoisotopic (exact) mass is 457 g/mol. The summed E-state index contributed by atoms with van der Waals surface area (Å²) in [6.45, 7) is 9.44. The van der Waals surface area contributed by atoms with Crippen LogP contribution in [-0.4, -0.2) is 16.8 Å². The fourth-order valence-electron chi connectivity index (χ4n) is 3.77. The lowest BCUT2D eigenvalue weighted by atomic mass is 10.1. The van der Waals surface area contributed by atoms with Gasteiger partial charge in [-0.15, -0.1) is 0 Å². The summed E-state index contributed by atoms with van der Waals surface area (Å²) in [6.07, 6.45) is 0. The number of amides is 2. The van der Waals surface area contributed by atoms with Crippen LogP contribution in [0.2, 0.25) is 0 Å². The van der Waals surface area contributed by atoms with E-state index >= 15 is 0 Å². The van der Waals surface area contributed by atoms with E-state index in [1.54, 1.807) is 32.9 Å². The topological polar surface area (TPSA) is 97.4 Å². The predicted molar refractivity (Wildman–Crippen MR) is 130 cm³/mol. The van der Waals surface area contributed by atoms with Gasteiger partial charge in [0, 0.05) is 5.56 Å². The Hall–Kier alpha value is -4.13. The normalized spacial score (nSPS) is 10.9. The first-order valence-corrected chi connectivity index (χ1v) is 11.0. The Balaban J connectivity index is 1.53. The van der Waals surface area contributed by atoms with E-state index in [1.165, 1.54) is 0 Å². The van der Waals surface area contributed by atoms with Gasteiger partial charge in [0.2, 0.25) is 5.89 Å². The van der Waals surface area contributed by atoms with Crippen molar-refractivity contribution in [2.45, 2.75) is 41.2 Å². The van der Waals surface area contributed by atoms with E-state index in [0.717, 1.165) is 11.1 Å². The molecule has 0 fully saturated rings. The predicted octanol–water partition coefficient (Wildman–Crippen LogP) is 5.66. The molecule has 2 aromatic heterocycles. The molecule has 0 saturated heterocycles. The average Bonchev–Trinajstić information content (AvgIpc) is 3.34. The van der Waals surface area contributed by atoms with Crippen LogP contribution >= 0.6 is 0 Å². The Morgan fingerprint density at radius 1 is 0.853 bits per heavy atom. The molecule has 0 aliphatic heterocycles. The second-order valence-corrected chi connectivity index (χ2v) is 8.35. The zero-order chi connectivity index (χ0) is 24.4. The standard InChI is InChI=1S/C27H27N3O4/c1-15-10-11-16(2)21(12-15)25(31)28-14-24-19(5)34-27(30-24)20-8-6-7-9-23(20)29-26(32)22-13-17(3)33-18(22)4/h6-13H,14H2,1-5H3,(H,28,31)(H,29,32). The molecule has 4 rings (SSSR count). The molecule has 7 heteroatoms.